The van der Waals surface area contributed by atoms with E-state index in [-0.39, 0.29) is 0 Å². The molecule has 4 aromatic rings. The van der Waals surface area contributed by atoms with Gasteiger partial charge in [-0.2, -0.15) is 0 Å². The van der Waals surface area contributed by atoms with E-state index in [1.165, 1.54) is 5.39 Å². The molecule has 4 rings (SSSR count). The van der Waals surface area contributed by atoms with Crippen LogP contribution in [0.2, 0.25) is 5.02 Å². The first-order valence-corrected chi connectivity index (χ1v) is 7.03. The van der Waals surface area contributed by atoms with Gasteiger partial charge in [0, 0.05) is 10.4 Å². The number of anilines is 1. The topological polar surface area (TPSA) is 43.8 Å². The summed E-state index contributed by atoms with van der Waals surface area (Å²) in [6, 6.07) is 20.0. The van der Waals surface area contributed by atoms with Gasteiger partial charge >= 0.3 is 0 Å². The van der Waals surface area contributed by atoms with Crippen molar-refractivity contribution in [3.05, 3.63) is 65.7 Å². The van der Waals surface area contributed by atoms with Gasteiger partial charge in [-0.15, -0.1) is 0 Å². The van der Waals surface area contributed by atoms with E-state index in [1.54, 1.807) is 0 Å². The second-order valence-corrected chi connectivity index (χ2v) is 5.37. The molecular weight excluding hydrogens is 282 g/mol. The fourth-order valence-corrected chi connectivity index (χ4v) is 2.89. The molecule has 0 aliphatic heterocycles. The molecule has 0 fully saturated rings. The number of benzene rings is 3. The maximum Gasteiger partial charge on any atom is 0.205 e. The van der Waals surface area contributed by atoms with Gasteiger partial charge in [-0.3, -0.25) is 4.57 Å². The highest BCUT2D eigenvalue weighted by molar-refractivity contribution is 6.31. The Balaban J connectivity index is 2.14. The first-order chi connectivity index (χ1) is 10.2. The zero-order valence-electron chi connectivity index (χ0n) is 11.1. The molecule has 0 saturated carbocycles. The Bertz CT molecular complexity index is 967. The van der Waals surface area contributed by atoms with E-state index in [9.17, 15) is 0 Å². The van der Waals surface area contributed by atoms with Crippen molar-refractivity contribution in [2.24, 2.45) is 0 Å². The van der Waals surface area contributed by atoms with E-state index in [2.05, 4.69) is 23.2 Å². The summed E-state index contributed by atoms with van der Waals surface area (Å²) >= 11 is 6.12. The van der Waals surface area contributed by atoms with Crippen LogP contribution < -0.4 is 5.73 Å². The average Bonchev–Trinajstić information content (AvgIpc) is 2.82. The molecule has 1 aromatic heterocycles. The molecule has 3 aromatic carbocycles. The molecule has 21 heavy (non-hydrogen) atoms. The van der Waals surface area contributed by atoms with Gasteiger partial charge in [-0.25, -0.2) is 4.98 Å². The fourth-order valence-electron chi connectivity index (χ4n) is 2.72. The molecule has 0 unspecified atom stereocenters. The van der Waals surface area contributed by atoms with E-state index < -0.39 is 0 Å². The third kappa shape index (κ3) is 1.86. The van der Waals surface area contributed by atoms with Crippen molar-refractivity contribution in [1.82, 2.24) is 9.55 Å². The number of nitrogens with zero attached hydrogens (tertiary/aromatic N) is 2. The highest BCUT2D eigenvalue weighted by Gasteiger charge is 2.12. The Morgan fingerprint density at radius 3 is 2.67 bits per heavy atom. The number of fused-ring (bicyclic) bond motifs is 2. The van der Waals surface area contributed by atoms with E-state index in [0.29, 0.717) is 11.0 Å². The third-order valence-corrected chi connectivity index (χ3v) is 3.89. The molecule has 0 amide bonds. The van der Waals surface area contributed by atoms with Gasteiger partial charge < -0.3 is 5.73 Å². The summed E-state index contributed by atoms with van der Waals surface area (Å²) in [7, 11) is 0. The maximum atomic E-state index is 6.14. The molecule has 0 radical (unpaired) electrons. The molecule has 102 valence electrons. The highest BCUT2D eigenvalue weighted by atomic mass is 35.5. The summed E-state index contributed by atoms with van der Waals surface area (Å²) in [6.07, 6.45) is 0. The van der Waals surface area contributed by atoms with Gasteiger partial charge in [0.1, 0.15) is 0 Å². The summed E-state index contributed by atoms with van der Waals surface area (Å²) < 4.78 is 1.95. The molecule has 0 saturated heterocycles. The summed E-state index contributed by atoms with van der Waals surface area (Å²) in [5, 5.41) is 2.97. The van der Waals surface area contributed by atoms with E-state index in [1.807, 2.05) is 47.0 Å². The van der Waals surface area contributed by atoms with E-state index in [0.717, 1.165) is 22.1 Å². The maximum absolute atomic E-state index is 6.14. The van der Waals surface area contributed by atoms with Gasteiger partial charge in [-0.05, 0) is 29.7 Å². The highest BCUT2D eigenvalue weighted by Crippen LogP contribution is 2.29. The lowest BCUT2D eigenvalue weighted by molar-refractivity contribution is 1.12. The fraction of sp³-hybridized carbons (Fsp3) is 0. The van der Waals surface area contributed by atoms with Crippen molar-refractivity contribution in [3.63, 3.8) is 0 Å². The predicted octanol–water partition coefficient (Wildman–Crippen LogP) is 4.41. The molecule has 0 aliphatic carbocycles. The molecule has 0 bridgehead atoms. The van der Waals surface area contributed by atoms with Crippen molar-refractivity contribution >= 4 is 39.4 Å². The Kier molecular flexibility index (Phi) is 2.62. The minimum Gasteiger partial charge on any atom is -0.369 e. The number of halogens is 1. The van der Waals surface area contributed by atoms with Crippen molar-refractivity contribution in [2.45, 2.75) is 0 Å². The largest absolute Gasteiger partial charge is 0.369 e. The summed E-state index contributed by atoms with van der Waals surface area (Å²) in [4.78, 5) is 4.42. The molecule has 2 N–H and O–H groups in total. The van der Waals surface area contributed by atoms with Gasteiger partial charge in [-0.1, -0.05) is 48.0 Å². The quantitative estimate of drug-likeness (QED) is 0.565. The van der Waals surface area contributed by atoms with Crippen molar-refractivity contribution in [1.29, 1.82) is 0 Å². The van der Waals surface area contributed by atoms with Crippen LogP contribution in [0.25, 0.3) is 27.5 Å². The van der Waals surface area contributed by atoms with Gasteiger partial charge in [0.05, 0.1) is 16.7 Å². The van der Waals surface area contributed by atoms with Crippen LogP contribution in [0.15, 0.2) is 60.7 Å². The van der Waals surface area contributed by atoms with Gasteiger partial charge in [0.15, 0.2) is 0 Å². The van der Waals surface area contributed by atoms with E-state index >= 15 is 0 Å². The van der Waals surface area contributed by atoms with Crippen LogP contribution in [0.3, 0.4) is 0 Å². The minimum absolute atomic E-state index is 0.462. The van der Waals surface area contributed by atoms with Crippen molar-refractivity contribution < 1.29 is 0 Å². The first-order valence-electron chi connectivity index (χ1n) is 6.66. The molecule has 0 aliphatic rings. The number of imidazole rings is 1. The predicted molar refractivity (Wildman–Crippen MR) is 88.0 cm³/mol. The summed E-state index contributed by atoms with van der Waals surface area (Å²) in [5.74, 6) is 0.462. The number of hydrogen-bond acceptors (Lipinski definition) is 2. The molecule has 3 nitrogen and oxygen atoms in total. The van der Waals surface area contributed by atoms with Crippen LogP contribution in [0.4, 0.5) is 5.95 Å². The van der Waals surface area contributed by atoms with Crippen LogP contribution in [0.5, 0.6) is 0 Å². The summed E-state index contributed by atoms with van der Waals surface area (Å²) in [5.41, 5.74) is 8.90. The second kappa shape index (κ2) is 4.50. The molecule has 0 spiro atoms. The number of aromatic nitrogens is 2. The summed E-state index contributed by atoms with van der Waals surface area (Å²) in [6.45, 7) is 0. The monoisotopic (exact) mass is 293 g/mol. The van der Waals surface area contributed by atoms with Gasteiger partial charge in [0.25, 0.3) is 0 Å². The van der Waals surface area contributed by atoms with Crippen LogP contribution in [-0.4, -0.2) is 9.55 Å². The van der Waals surface area contributed by atoms with Crippen LogP contribution >= 0.6 is 11.6 Å². The normalized spacial score (nSPS) is 11.3. The SMILES string of the molecule is Nc1nc2ccc(Cl)cc2n1-c1cccc2ccccc12. The van der Waals surface area contributed by atoms with Crippen LogP contribution in [0.1, 0.15) is 0 Å². The number of rotatable bonds is 1. The molecule has 4 heteroatoms. The Morgan fingerprint density at radius 2 is 1.76 bits per heavy atom. The lowest BCUT2D eigenvalue weighted by atomic mass is 10.1. The Morgan fingerprint density at radius 1 is 0.952 bits per heavy atom. The Hall–Kier alpha value is -2.52. The van der Waals surface area contributed by atoms with Crippen molar-refractivity contribution in [3.8, 4) is 5.69 Å². The standard InChI is InChI=1S/C17H12ClN3/c18-12-8-9-14-16(10-12)21(17(19)20-14)15-7-3-5-11-4-1-2-6-13(11)15/h1-10H,(H2,19,20). The number of hydrogen-bond donors (Lipinski definition) is 1. The van der Waals surface area contributed by atoms with E-state index in [4.69, 9.17) is 17.3 Å². The smallest absolute Gasteiger partial charge is 0.205 e. The lowest BCUT2D eigenvalue weighted by Crippen LogP contribution is -2.01. The number of nitrogen functional groups attached to an aromatic ring is 1. The lowest BCUT2D eigenvalue weighted by Gasteiger charge is -2.10. The first kappa shape index (κ1) is 12.2. The van der Waals surface area contributed by atoms with Crippen LogP contribution in [-0.2, 0) is 0 Å². The average molecular weight is 294 g/mol. The minimum atomic E-state index is 0.462. The molecule has 1 heterocycles. The second-order valence-electron chi connectivity index (χ2n) is 4.94. The zero-order valence-corrected chi connectivity index (χ0v) is 11.9. The zero-order chi connectivity index (χ0) is 14.4. The van der Waals surface area contributed by atoms with Crippen LogP contribution in [0, 0.1) is 0 Å². The Labute approximate surface area is 126 Å². The molecule has 0 atom stereocenters. The number of nitrogens with two attached hydrogens (primary N) is 1. The van der Waals surface area contributed by atoms with Crippen molar-refractivity contribution in [2.75, 3.05) is 5.73 Å². The van der Waals surface area contributed by atoms with Gasteiger partial charge in [0.2, 0.25) is 5.95 Å². The molecular formula is C17H12ClN3. The third-order valence-electron chi connectivity index (χ3n) is 3.65.